The normalized spacial score (nSPS) is 13.8. The zero-order valence-electron chi connectivity index (χ0n) is 11.7. The third kappa shape index (κ3) is 3.96. The predicted octanol–water partition coefficient (Wildman–Crippen LogP) is 2.31. The molecule has 1 heterocycles. The van der Waals surface area contributed by atoms with Crippen molar-refractivity contribution in [2.75, 3.05) is 6.54 Å². The third-order valence-electron chi connectivity index (χ3n) is 3.05. The molecule has 1 aromatic heterocycles. The highest BCUT2D eigenvalue weighted by molar-refractivity contribution is 5.94. The molecule has 20 heavy (non-hydrogen) atoms. The largest absolute Gasteiger partial charge is 0.469 e. The average molecular weight is 273 g/mol. The van der Waals surface area contributed by atoms with Crippen molar-refractivity contribution in [3.63, 3.8) is 0 Å². The van der Waals surface area contributed by atoms with Gasteiger partial charge in [-0.15, -0.1) is 0 Å². The molecule has 4 nitrogen and oxygen atoms in total. The van der Waals surface area contributed by atoms with Crippen LogP contribution in [0.15, 0.2) is 47.1 Å². The van der Waals surface area contributed by atoms with Crippen molar-refractivity contribution >= 4 is 5.91 Å². The topological polar surface area (TPSA) is 62.5 Å². The van der Waals surface area contributed by atoms with Gasteiger partial charge < -0.3 is 14.8 Å². The molecule has 1 amide bonds. The Labute approximate surface area is 118 Å². The molecule has 106 valence electrons. The van der Waals surface area contributed by atoms with Crippen molar-refractivity contribution in [3.05, 3.63) is 59.5 Å². The first-order chi connectivity index (χ1) is 9.46. The van der Waals surface area contributed by atoms with Gasteiger partial charge in [-0.2, -0.15) is 0 Å². The van der Waals surface area contributed by atoms with Gasteiger partial charge in [0, 0.05) is 18.5 Å². The first kappa shape index (κ1) is 14.3. The molecule has 0 aliphatic rings. The summed E-state index contributed by atoms with van der Waals surface area (Å²) in [4.78, 5) is 12.0. The van der Waals surface area contributed by atoms with Crippen LogP contribution in [0.2, 0.25) is 0 Å². The molecule has 2 N–H and O–H groups in total. The Morgan fingerprint density at radius 2 is 2.15 bits per heavy atom. The van der Waals surface area contributed by atoms with E-state index < -0.39 is 5.60 Å². The molecule has 0 fully saturated rings. The van der Waals surface area contributed by atoms with Crippen LogP contribution < -0.4 is 5.32 Å². The monoisotopic (exact) mass is 273 g/mol. The van der Waals surface area contributed by atoms with Crippen LogP contribution in [0.5, 0.6) is 0 Å². The summed E-state index contributed by atoms with van der Waals surface area (Å²) in [5, 5.41) is 13.0. The van der Waals surface area contributed by atoms with Crippen LogP contribution in [-0.4, -0.2) is 23.2 Å². The van der Waals surface area contributed by atoms with E-state index in [9.17, 15) is 9.90 Å². The second kappa shape index (κ2) is 5.92. The lowest BCUT2D eigenvalue weighted by atomic mass is 10.0. The van der Waals surface area contributed by atoms with E-state index in [4.69, 9.17) is 4.42 Å². The molecule has 0 spiro atoms. The molecule has 0 aliphatic heterocycles. The lowest BCUT2D eigenvalue weighted by Crippen LogP contribution is -2.42. The smallest absolute Gasteiger partial charge is 0.251 e. The summed E-state index contributed by atoms with van der Waals surface area (Å²) in [6, 6.07) is 10.9. The highest BCUT2D eigenvalue weighted by Gasteiger charge is 2.23. The van der Waals surface area contributed by atoms with Crippen molar-refractivity contribution in [1.82, 2.24) is 5.32 Å². The Hall–Kier alpha value is -2.07. The fraction of sp³-hybridized carbons (Fsp3) is 0.312. The van der Waals surface area contributed by atoms with Gasteiger partial charge in [-0.3, -0.25) is 4.79 Å². The summed E-state index contributed by atoms with van der Waals surface area (Å²) < 4.78 is 5.20. The van der Waals surface area contributed by atoms with Crippen molar-refractivity contribution in [2.24, 2.45) is 0 Å². The number of hydrogen-bond donors (Lipinski definition) is 2. The number of rotatable bonds is 5. The number of aryl methyl sites for hydroxylation is 1. The molecule has 4 heteroatoms. The van der Waals surface area contributed by atoms with E-state index in [1.54, 1.807) is 31.4 Å². The third-order valence-corrected chi connectivity index (χ3v) is 3.05. The summed E-state index contributed by atoms with van der Waals surface area (Å²) in [6.07, 6.45) is 1.92. The minimum absolute atomic E-state index is 0.167. The highest BCUT2D eigenvalue weighted by atomic mass is 16.3. The molecular weight excluding hydrogens is 254 g/mol. The number of carbonyl (C=O) groups is 1. The van der Waals surface area contributed by atoms with Crippen molar-refractivity contribution in [2.45, 2.75) is 25.9 Å². The van der Waals surface area contributed by atoms with Gasteiger partial charge in [0.15, 0.2) is 0 Å². The molecule has 0 radical (unpaired) electrons. The Morgan fingerprint density at radius 1 is 1.35 bits per heavy atom. The summed E-state index contributed by atoms with van der Waals surface area (Å²) in [6.45, 7) is 3.77. The maximum Gasteiger partial charge on any atom is 0.251 e. The average Bonchev–Trinajstić information content (AvgIpc) is 2.88. The van der Waals surface area contributed by atoms with Gasteiger partial charge in [0.2, 0.25) is 0 Å². The van der Waals surface area contributed by atoms with E-state index in [0.29, 0.717) is 17.7 Å². The van der Waals surface area contributed by atoms with E-state index in [-0.39, 0.29) is 12.5 Å². The second-order valence-corrected chi connectivity index (χ2v) is 5.31. The summed E-state index contributed by atoms with van der Waals surface area (Å²) in [5.74, 6) is 0.508. The predicted molar refractivity (Wildman–Crippen MR) is 76.5 cm³/mol. The van der Waals surface area contributed by atoms with Crippen LogP contribution in [0, 0.1) is 6.92 Å². The molecular formula is C16H19NO3. The van der Waals surface area contributed by atoms with E-state index in [1.165, 1.54) is 0 Å². The minimum atomic E-state index is -1.04. The first-order valence-electron chi connectivity index (χ1n) is 6.56. The number of nitrogens with one attached hydrogen (secondary N) is 1. The second-order valence-electron chi connectivity index (χ2n) is 5.31. The van der Waals surface area contributed by atoms with Crippen LogP contribution >= 0.6 is 0 Å². The van der Waals surface area contributed by atoms with Gasteiger partial charge in [0.1, 0.15) is 5.76 Å². The van der Waals surface area contributed by atoms with Gasteiger partial charge >= 0.3 is 0 Å². The van der Waals surface area contributed by atoms with E-state index >= 15 is 0 Å². The lowest BCUT2D eigenvalue weighted by molar-refractivity contribution is 0.0510. The zero-order chi connectivity index (χ0) is 14.6. The van der Waals surface area contributed by atoms with E-state index in [0.717, 1.165) is 5.56 Å². The summed E-state index contributed by atoms with van der Waals surface area (Å²) in [7, 11) is 0. The van der Waals surface area contributed by atoms with Gasteiger partial charge in [-0.25, -0.2) is 0 Å². The van der Waals surface area contributed by atoms with Gasteiger partial charge in [0.25, 0.3) is 5.91 Å². The maximum atomic E-state index is 12.0. The fourth-order valence-electron chi connectivity index (χ4n) is 2.01. The molecule has 1 unspecified atom stereocenters. The van der Waals surface area contributed by atoms with Crippen LogP contribution in [0.1, 0.15) is 28.6 Å². The number of carbonyl (C=O) groups excluding carboxylic acids is 1. The number of amides is 1. The van der Waals surface area contributed by atoms with Crippen LogP contribution in [0.25, 0.3) is 0 Å². The van der Waals surface area contributed by atoms with Crippen LogP contribution in [0.4, 0.5) is 0 Å². The minimum Gasteiger partial charge on any atom is -0.469 e. The molecule has 0 saturated heterocycles. The van der Waals surface area contributed by atoms with Crippen molar-refractivity contribution in [3.8, 4) is 0 Å². The SMILES string of the molecule is Cc1cccc(C(=O)NCC(C)(O)Cc2ccco2)c1. The quantitative estimate of drug-likeness (QED) is 0.878. The molecule has 2 rings (SSSR count). The molecule has 1 atom stereocenters. The standard InChI is InChI=1S/C16H19NO3/c1-12-5-3-6-13(9-12)15(18)17-11-16(2,19)10-14-7-4-8-20-14/h3-9,19H,10-11H2,1-2H3,(H,17,18). The maximum absolute atomic E-state index is 12.0. The van der Waals surface area contributed by atoms with Crippen molar-refractivity contribution < 1.29 is 14.3 Å². The fourth-order valence-corrected chi connectivity index (χ4v) is 2.01. The van der Waals surface area contributed by atoms with E-state index in [1.807, 2.05) is 25.1 Å². The van der Waals surface area contributed by atoms with Crippen LogP contribution in [-0.2, 0) is 6.42 Å². The van der Waals surface area contributed by atoms with Crippen LogP contribution in [0.3, 0.4) is 0 Å². The first-order valence-corrected chi connectivity index (χ1v) is 6.56. The molecule has 0 saturated carbocycles. The Morgan fingerprint density at radius 3 is 2.80 bits per heavy atom. The summed E-state index contributed by atoms with van der Waals surface area (Å²) >= 11 is 0. The zero-order valence-corrected chi connectivity index (χ0v) is 11.7. The Bertz CT molecular complexity index is 573. The van der Waals surface area contributed by atoms with E-state index in [2.05, 4.69) is 5.32 Å². The van der Waals surface area contributed by atoms with Gasteiger partial charge in [-0.05, 0) is 38.1 Å². The Balaban J connectivity index is 1.92. The molecule has 2 aromatic rings. The summed E-state index contributed by atoms with van der Waals surface area (Å²) in [5.41, 5.74) is 0.580. The number of hydrogen-bond acceptors (Lipinski definition) is 3. The molecule has 0 bridgehead atoms. The number of aliphatic hydroxyl groups is 1. The highest BCUT2D eigenvalue weighted by Crippen LogP contribution is 2.13. The van der Waals surface area contributed by atoms with Crippen molar-refractivity contribution in [1.29, 1.82) is 0 Å². The number of benzene rings is 1. The molecule has 1 aromatic carbocycles. The lowest BCUT2D eigenvalue weighted by Gasteiger charge is -2.22. The van der Waals surface area contributed by atoms with Gasteiger partial charge in [0.05, 0.1) is 11.9 Å². The van der Waals surface area contributed by atoms with Gasteiger partial charge in [-0.1, -0.05) is 17.7 Å². The molecule has 0 aliphatic carbocycles. The Kier molecular flexibility index (Phi) is 4.25. The number of furan rings is 1.